The maximum absolute atomic E-state index is 12.0. The smallest absolute Gasteiger partial charge is 0.224 e. The van der Waals surface area contributed by atoms with Crippen molar-refractivity contribution in [3.63, 3.8) is 0 Å². The van der Waals surface area contributed by atoms with Crippen LogP contribution in [0.15, 0.2) is 60.6 Å². The van der Waals surface area contributed by atoms with E-state index in [1.807, 2.05) is 30.3 Å². The minimum Gasteiger partial charge on any atom is -0.497 e. The third kappa shape index (κ3) is 11.0. The van der Waals surface area contributed by atoms with Gasteiger partial charge in [-0.2, -0.15) is 0 Å². The standard InChI is InChI=1S/C16H24N2O2.C8H10OS/c1-18-10-8-13(9-11-18)6-7-16(19)17-14-4-3-5-15(12-14)20-2;1-3-5-8(4-2)10-7-6-9/h3-5,12-13H,6-11H2,1-2H3,(H,17,19);3-6H,1-2,7H2/b;8-5+. The summed E-state index contributed by atoms with van der Waals surface area (Å²) in [5.41, 5.74) is 0.803. The number of carbonyl (C=O) groups is 2. The van der Waals surface area contributed by atoms with Crippen molar-refractivity contribution in [1.82, 2.24) is 4.90 Å². The number of rotatable bonds is 10. The Balaban J connectivity index is 0.000000382. The second-order valence-electron chi connectivity index (χ2n) is 7.05. The first-order valence-electron chi connectivity index (χ1n) is 10.2. The highest BCUT2D eigenvalue weighted by Crippen LogP contribution is 2.22. The van der Waals surface area contributed by atoms with E-state index in [0.717, 1.165) is 42.1 Å². The van der Waals surface area contributed by atoms with Gasteiger partial charge in [-0.15, -0.1) is 11.8 Å². The Bertz CT molecular complexity index is 710. The van der Waals surface area contributed by atoms with E-state index >= 15 is 0 Å². The molecule has 5 nitrogen and oxygen atoms in total. The van der Waals surface area contributed by atoms with Crippen LogP contribution in [0.25, 0.3) is 0 Å². The third-order valence-electron chi connectivity index (χ3n) is 4.77. The fraction of sp³-hybridized carbons (Fsp3) is 0.417. The molecule has 0 radical (unpaired) electrons. The monoisotopic (exact) mass is 430 g/mol. The summed E-state index contributed by atoms with van der Waals surface area (Å²) in [6, 6.07) is 7.48. The SMILES string of the molecule is C=C/C=C(\C=C)SCC=O.COc1cccc(NC(=O)CCC2CCN(C)CC2)c1. The molecule has 1 N–H and O–H groups in total. The molecule has 1 aliphatic rings. The van der Waals surface area contributed by atoms with E-state index in [4.69, 9.17) is 4.74 Å². The van der Waals surface area contributed by atoms with Crippen LogP contribution < -0.4 is 10.1 Å². The van der Waals surface area contributed by atoms with Crippen molar-refractivity contribution in [1.29, 1.82) is 0 Å². The molecular formula is C24H34N2O3S. The van der Waals surface area contributed by atoms with E-state index in [-0.39, 0.29) is 5.91 Å². The predicted molar refractivity (Wildman–Crippen MR) is 128 cm³/mol. The molecule has 0 saturated carbocycles. The quantitative estimate of drug-likeness (QED) is 0.421. The van der Waals surface area contributed by atoms with Gasteiger partial charge in [-0.3, -0.25) is 4.79 Å². The van der Waals surface area contributed by atoms with E-state index < -0.39 is 0 Å². The lowest BCUT2D eigenvalue weighted by Gasteiger charge is -2.28. The van der Waals surface area contributed by atoms with Crippen molar-refractivity contribution in [2.75, 3.05) is 38.3 Å². The van der Waals surface area contributed by atoms with Crippen molar-refractivity contribution < 1.29 is 14.3 Å². The van der Waals surface area contributed by atoms with Crippen LogP contribution in [0.5, 0.6) is 5.75 Å². The van der Waals surface area contributed by atoms with E-state index in [2.05, 4.69) is 30.4 Å². The molecule has 1 aromatic carbocycles. The molecule has 164 valence electrons. The molecule has 1 aliphatic heterocycles. The van der Waals surface area contributed by atoms with E-state index in [1.165, 1.54) is 24.6 Å². The molecule has 0 bridgehead atoms. The fourth-order valence-corrected chi connectivity index (χ4v) is 3.60. The number of hydrogen-bond donors (Lipinski definition) is 1. The lowest BCUT2D eigenvalue weighted by molar-refractivity contribution is -0.116. The number of piperidine rings is 1. The van der Waals surface area contributed by atoms with Gasteiger partial charge < -0.3 is 19.7 Å². The number of benzene rings is 1. The van der Waals surface area contributed by atoms with Crippen molar-refractivity contribution in [3.05, 3.63) is 60.6 Å². The maximum atomic E-state index is 12.0. The van der Waals surface area contributed by atoms with Crippen LogP contribution >= 0.6 is 11.8 Å². The van der Waals surface area contributed by atoms with Crippen LogP contribution in [-0.4, -0.2) is 50.1 Å². The van der Waals surface area contributed by atoms with Gasteiger partial charge in [-0.25, -0.2) is 0 Å². The van der Waals surface area contributed by atoms with Crippen LogP contribution in [0, 0.1) is 5.92 Å². The maximum Gasteiger partial charge on any atom is 0.224 e. The molecule has 1 amide bonds. The number of nitrogens with zero attached hydrogens (tertiary/aromatic N) is 1. The van der Waals surface area contributed by atoms with Gasteiger partial charge in [0, 0.05) is 23.1 Å². The Morgan fingerprint density at radius 3 is 2.67 bits per heavy atom. The average molecular weight is 431 g/mol. The van der Waals surface area contributed by atoms with E-state index in [9.17, 15) is 9.59 Å². The molecule has 0 aliphatic carbocycles. The molecule has 30 heavy (non-hydrogen) atoms. The first-order chi connectivity index (χ1) is 14.5. The molecule has 1 fully saturated rings. The summed E-state index contributed by atoms with van der Waals surface area (Å²) in [6.45, 7) is 9.42. The Labute approximate surface area is 185 Å². The summed E-state index contributed by atoms with van der Waals surface area (Å²) in [4.78, 5) is 25.2. The molecule has 2 rings (SSSR count). The summed E-state index contributed by atoms with van der Waals surface area (Å²) in [7, 11) is 3.78. The van der Waals surface area contributed by atoms with E-state index in [0.29, 0.717) is 18.1 Å². The van der Waals surface area contributed by atoms with Crippen LogP contribution in [0.4, 0.5) is 5.69 Å². The Morgan fingerprint density at radius 1 is 1.33 bits per heavy atom. The Morgan fingerprint density at radius 2 is 2.07 bits per heavy atom. The number of thioether (sulfide) groups is 1. The molecule has 6 heteroatoms. The number of amides is 1. The highest BCUT2D eigenvalue weighted by atomic mass is 32.2. The Hall–Kier alpha value is -2.31. The molecule has 1 aromatic rings. The van der Waals surface area contributed by atoms with Gasteiger partial charge in [0.25, 0.3) is 0 Å². The van der Waals surface area contributed by atoms with Gasteiger partial charge in [0.15, 0.2) is 0 Å². The van der Waals surface area contributed by atoms with Crippen LogP contribution in [0.2, 0.25) is 0 Å². The van der Waals surface area contributed by atoms with Crippen LogP contribution in [-0.2, 0) is 9.59 Å². The fourth-order valence-electron chi connectivity index (χ4n) is 3.03. The molecular weight excluding hydrogens is 396 g/mol. The zero-order chi connectivity index (χ0) is 22.2. The second-order valence-corrected chi connectivity index (χ2v) is 8.15. The highest BCUT2D eigenvalue weighted by molar-refractivity contribution is 8.03. The molecule has 0 unspecified atom stereocenters. The van der Waals surface area contributed by atoms with Crippen molar-refractivity contribution in [3.8, 4) is 5.75 Å². The number of methoxy groups -OCH3 is 1. The zero-order valence-electron chi connectivity index (χ0n) is 18.1. The number of hydrogen-bond acceptors (Lipinski definition) is 5. The summed E-state index contributed by atoms with van der Waals surface area (Å²) in [6.07, 6.45) is 10.1. The lowest BCUT2D eigenvalue weighted by Crippen LogP contribution is -2.30. The van der Waals surface area contributed by atoms with Crippen LogP contribution in [0.1, 0.15) is 25.7 Å². The van der Waals surface area contributed by atoms with Crippen molar-refractivity contribution in [2.45, 2.75) is 25.7 Å². The molecule has 0 aromatic heterocycles. The topological polar surface area (TPSA) is 58.6 Å². The minimum absolute atomic E-state index is 0.0946. The number of nitrogens with one attached hydrogen (secondary N) is 1. The number of aldehydes is 1. The van der Waals surface area contributed by atoms with E-state index in [1.54, 1.807) is 19.3 Å². The normalized spacial score (nSPS) is 14.8. The summed E-state index contributed by atoms with van der Waals surface area (Å²) in [5.74, 6) is 2.03. The number of ether oxygens (including phenoxy) is 1. The number of likely N-dealkylation sites (tertiary alicyclic amines) is 1. The van der Waals surface area contributed by atoms with Crippen molar-refractivity contribution >= 4 is 29.6 Å². The molecule has 1 saturated heterocycles. The average Bonchev–Trinajstić information content (AvgIpc) is 2.77. The summed E-state index contributed by atoms with van der Waals surface area (Å²) < 4.78 is 5.15. The first-order valence-corrected chi connectivity index (χ1v) is 11.1. The molecule has 1 heterocycles. The zero-order valence-corrected chi connectivity index (χ0v) is 19.0. The molecule has 0 spiro atoms. The summed E-state index contributed by atoms with van der Waals surface area (Å²) >= 11 is 1.45. The lowest BCUT2D eigenvalue weighted by atomic mass is 9.92. The first kappa shape index (κ1) is 25.7. The van der Waals surface area contributed by atoms with Gasteiger partial charge in [0.2, 0.25) is 5.91 Å². The second kappa shape index (κ2) is 15.5. The van der Waals surface area contributed by atoms with Gasteiger partial charge >= 0.3 is 0 Å². The van der Waals surface area contributed by atoms with Gasteiger partial charge in [-0.05, 0) is 63.5 Å². The minimum atomic E-state index is 0.0946. The van der Waals surface area contributed by atoms with Gasteiger partial charge in [-0.1, -0.05) is 31.4 Å². The largest absolute Gasteiger partial charge is 0.497 e. The highest BCUT2D eigenvalue weighted by Gasteiger charge is 2.17. The predicted octanol–water partition coefficient (Wildman–Crippen LogP) is 4.93. The van der Waals surface area contributed by atoms with Crippen molar-refractivity contribution in [2.24, 2.45) is 5.92 Å². The third-order valence-corrected chi connectivity index (χ3v) is 5.71. The van der Waals surface area contributed by atoms with Gasteiger partial charge in [0.1, 0.15) is 12.0 Å². The molecule has 0 atom stereocenters. The number of anilines is 1. The number of carbonyl (C=O) groups excluding carboxylic acids is 2. The number of allylic oxidation sites excluding steroid dienone is 3. The Kier molecular flexibility index (Phi) is 13.3. The summed E-state index contributed by atoms with van der Waals surface area (Å²) in [5, 5.41) is 2.94. The van der Waals surface area contributed by atoms with Crippen LogP contribution in [0.3, 0.4) is 0 Å². The van der Waals surface area contributed by atoms with Gasteiger partial charge in [0.05, 0.1) is 12.9 Å².